The molecule has 0 bridgehead atoms. The summed E-state index contributed by atoms with van der Waals surface area (Å²) in [4.78, 5) is 3.62. The molecule has 0 saturated heterocycles. The minimum atomic E-state index is -0.605. The normalized spacial score (nSPS) is 10.8. The minimum Gasteiger partial charge on any atom is -0.349 e. The van der Waals surface area contributed by atoms with E-state index in [9.17, 15) is 8.78 Å². The molecule has 0 aliphatic heterocycles. The minimum absolute atomic E-state index is 0.255. The van der Waals surface area contributed by atoms with E-state index in [1.165, 1.54) is 12.3 Å². The summed E-state index contributed by atoms with van der Waals surface area (Å²) in [5, 5.41) is 3.65. The second kappa shape index (κ2) is 6.09. The Balaban J connectivity index is 2.43. The molecule has 0 amide bonds. The summed E-state index contributed by atoms with van der Waals surface area (Å²) in [5.41, 5.74) is 0.518. The fourth-order valence-corrected chi connectivity index (χ4v) is 3.05. The number of nitrogens with one attached hydrogen (secondary N) is 1. The van der Waals surface area contributed by atoms with Crippen LogP contribution in [0.2, 0.25) is 0 Å². The first-order valence-electron chi connectivity index (χ1n) is 5.53. The fourth-order valence-electron chi connectivity index (χ4n) is 1.64. The zero-order chi connectivity index (χ0) is 14.0. The second-order valence-corrected chi connectivity index (χ2v) is 7.66. The van der Waals surface area contributed by atoms with E-state index in [4.69, 9.17) is 0 Å². The molecule has 100 valence electrons. The highest BCUT2D eigenvalue weighted by molar-refractivity contribution is 14.1. The lowest BCUT2D eigenvalue weighted by Gasteiger charge is -2.15. The predicted molar refractivity (Wildman–Crippen MR) is 85.0 cm³/mol. The molecule has 6 heteroatoms. The van der Waals surface area contributed by atoms with Crippen LogP contribution in [-0.2, 0) is 0 Å². The molecule has 0 atom stereocenters. The standard InChI is InChI=1S/C13H12F2IN2P/c1-19(2)11-5-6-17-13(15)12(11)18-10-4-3-8(16)7-9(10)14/h3-7,18H,1-2H3. The fraction of sp³-hybridized carbons (Fsp3) is 0.154. The van der Waals surface area contributed by atoms with E-state index in [0.717, 1.165) is 8.87 Å². The average Bonchev–Trinajstić information content (AvgIpc) is 2.34. The van der Waals surface area contributed by atoms with E-state index in [0.29, 0.717) is 0 Å². The Bertz CT molecular complexity index is 605. The van der Waals surface area contributed by atoms with Crippen LogP contribution in [0.25, 0.3) is 0 Å². The van der Waals surface area contributed by atoms with Gasteiger partial charge in [-0.25, -0.2) is 9.37 Å². The van der Waals surface area contributed by atoms with E-state index in [2.05, 4.69) is 10.3 Å². The van der Waals surface area contributed by atoms with Gasteiger partial charge in [-0.1, -0.05) is 7.92 Å². The SMILES string of the molecule is CP(C)c1ccnc(F)c1Nc1ccc(I)cc1F. The Morgan fingerprint density at radius 2 is 1.95 bits per heavy atom. The number of hydrogen-bond acceptors (Lipinski definition) is 2. The molecular weight excluding hydrogens is 380 g/mol. The number of halogens is 3. The number of rotatable bonds is 3. The van der Waals surface area contributed by atoms with Gasteiger partial charge in [-0.15, -0.1) is 0 Å². The van der Waals surface area contributed by atoms with Crippen molar-refractivity contribution < 1.29 is 8.78 Å². The van der Waals surface area contributed by atoms with Crippen LogP contribution in [0.15, 0.2) is 30.5 Å². The molecule has 1 aromatic heterocycles. The summed E-state index contributed by atoms with van der Waals surface area (Å²) in [6, 6.07) is 6.53. The quantitative estimate of drug-likeness (QED) is 0.484. The van der Waals surface area contributed by atoms with Gasteiger partial charge in [0, 0.05) is 15.1 Å². The Hall–Kier alpha value is -0.810. The van der Waals surface area contributed by atoms with Gasteiger partial charge in [0.25, 0.3) is 0 Å². The van der Waals surface area contributed by atoms with Crippen molar-refractivity contribution in [2.24, 2.45) is 0 Å². The van der Waals surface area contributed by atoms with Crippen LogP contribution < -0.4 is 10.6 Å². The van der Waals surface area contributed by atoms with E-state index < -0.39 is 19.7 Å². The maximum atomic E-state index is 13.8. The van der Waals surface area contributed by atoms with Gasteiger partial charge in [0.2, 0.25) is 5.95 Å². The Kier molecular flexibility index (Phi) is 4.68. The number of hydrogen-bond donors (Lipinski definition) is 1. The second-order valence-electron chi connectivity index (χ2n) is 4.14. The zero-order valence-electron chi connectivity index (χ0n) is 10.4. The molecule has 19 heavy (non-hydrogen) atoms. The van der Waals surface area contributed by atoms with Gasteiger partial charge in [-0.2, -0.15) is 4.39 Å². The topological polar surface area (TPSA) is 24.9 Å². The molecule has 1 N–H and O–H groups in total. The van der Waals surface area contributed by atoms with Crippen LogP contribution in [-0.4, -0.2) is 18.3 Å². The molecule has 1 aromatic carbocycles. The van der Waals surface area contributed by atoms with Crippen molar-refractivity contribution in [2.45, 2.75) is 0 Å². The molecule has 0 spiro atoms. The summed E-state index contributed by atoms with van der Waals surface area (Å²) in [6.45, 7) is 4.03. The van der Waals surface area contributed by atoms with Crippen molar-refractivity contribution in [2.75, 3.05) is 18.6 Å². The summed E-state index contributed by atoms with van der Waals surface area (Å²) in [6.07, 6.45) is 1.43. The van der Waals surface area contributed by atoms with Gasteiger partial charge in [-0.3, -0.25) is 0 Å². The van der Waals surface area contributed by atoms with E-state index >= 15 is 0 Å². The Morgan fingerprint density at radius 1 is 1.21 bits per heavy atom. The van der Waals surface area contributed by atoms with Crippen molar-refractivity contribution in [3.63, 3.8) is 0 Å². The smallest absolute Gasteiger partial charge is 0.237 e. The predicted octanol–water partition coefficient (Wildman–Crippen LogP) is 4.07. The van der Waals surface area contributed by atoms with E-state index in [-0.39, 0.29) is 11.4 Å². The van der Waals surface area contributed by atoms with Gasteiger partial charge in [0.15, 0.2) is 0 Å². The largest absolute Gasteiger partial charge is 0.349 e. The van der Waals surface area contributed by atoms with Crippen LogP contribution in [0.4, 0.5) is 20.2 Å². The first-order valence-corrected chi connectivity index (χ1v) is 8.84. The van der Waals surface area contributed by atoms with Crippen molar-refractivity contribution in [1.29, 1.82) is 0 Å². The van der Waals surface area contributed by atoms with Crippen LogP contribution in [0.1, 0.15) is 0 Å². The third-order valence-corrected chi connectivity index (χ3v) is 4.56. The zero-order valence-corrected chi connectivity index (χ0v) is 13.5. The van der Waals surface area contributed by atoms with Crippen LogP contribution in [0, 0.1) is 15.3 Å². The summed E-state index contributed by atoms with van der Waals surface area (Å²) in [5.74, 6) is -1.01. The number of pyridine rings is 1. The van der Waals surface area contributed by atoms with Crippen molar-refractivity contribution >= 4 is 47.2 Å². The van der Waals surface area contributed by atoms with Gasteiger partial charge in [0.05, 0.1) is 5.69 Å². The molecule has 0 aliphatic carbocycles. The molecule has 2 aromatic rings. The average molecular weight is 392 g/mol. The number of nitrogens with zero attached hydrogens (tertiary/aromatic N) is 1. The molecular formula is C13H12F2IN2P. The lowest BCUT2D eigenvalue weighted by Crippen LogP contribution is -2.11. The molecule has 0 fully saturated rings. The van der Waals surface area contributed by atoms with Crippen LogP contribution in [0.5, 0.6) is 0 Å². The maximum Gasteiger partial charge on any atom is 0.237 e. The monoisotopic (exact) mass is 392 g/mol. The molecule has 1 heterocycles. The molecule has 0 unspecified atom stereocenters. The van der Waals surface area contributed by atoms with Gasteiger partial charge in [-0.05, 0) is 60.2 Å². The number of aromatic nitrogens is 1. The first-order chi connectivity index (χ1) is 8.99. The molecule has 2 rings (SSSR count). The van der Waals surface area contributed by atoms with Crippen molar-refractivity contribution in [1.82, 2.24) is 4.98 Å². The Labute approximate surface area is 125 Å². The third kappa shape index (κ3) is 3.39. The highest BCUT2D eigenvalue weighted by Crippen LogP contribution is 2.31. The third-order valence-electron chi connectivity index (χ3n) is 2.56. The molecule has 0 radical (unpaired) electrons. The lowest BCUT2D eigenvalue weighted by atomic mass is 10.3. The van der Waals surface area contributed by atoms with Crippen molar-refractivity contribution in [3.05, 3.63) is 45.8 Å². The molecule has 0 aliphatic rings. The summed E-state index contributed by atoms with van der Waals surface area (Å²) >= 11 is 2.03. The number of benzene rings is 1. The van der Waals surface area contributed by atoms with Crippen LogP contribution >= 0.6 is 30.5 Å². The Morgan fingerprint density at radius 3 is 2.58 bits per heavy atom. The van der Waals surface area contributed by atoms with Gasteiger partial charge >= 0.3 is 0 Å². The van der Waals surface area contributed by atoms with Crippen LogP contribution in [0.3, 0.4) is 0 Å². The van der Waals surface area contributed by atoms with E-state index in [1.807, 2.05) is 35.9 Å². The van der Waals surface area contributed by atoms with Gasteiger partial charge in [0.1, 0.15) is 11.5 Å². The molecule has 0 saturated carbocycles. The molecule has 2 nitrogen and oxygen atoms in total. The van der Waals surface area contributed by atoms with Crippen molar-refractivity contribution in [3.8, 4) is 0 Å². The first kappa shape index (κ1) is 14.6. The summed E-state index contributed by atoms with van der Waals surface area (Å²) < 4.78 is 28.4. The van der Waals surface area contributed by atoms with E-state index in [1.54, 1.807) is 18.2 Å². The lowest BCUT2D eigenvalue weighted by molar-refractivity contribution is 0.588. The summed E-state index contributed by atoms with van der Waals surface area (Å²) in [7, 11) is -0.511. The van der Waals surface area contributed by atoms with Gasteiger partial charge < -0.3 is 5.32 Å². The maximum absolute atomic E-state index is 13.8. The highest BCUT2D eigenvalue weighted by Gasteiger charge is 2.14. The highest BCUT2D eigenvalue weighted by atomic mass is 127. The number of anilines is 2.